The predicted molar refractivity (Wildman–Crippen MR) is 62.3 cm³/mol. The Balaban J connectivity index is 2.62. The van der Waals surface area contributed by atoms with Crippen molar-refractivity contribution in [3.8, 4) is 0 Å². The van der Waals surface area contributed by atoms with E-state index in [9.17, 15) is 9.59 Å². The minimum absolute atomic E-state index is 0.132. The molecule has 0 bridgehead atoms. The Bertz CT molecular complexity index is 404. The number of anilines is 1. The number of hydrogen-bond acceptors (Lipinski definition) is 5. The lowest BCUT2D eigenvalue weighted by Gasteiger charge is -2.11. The number of carbonyl (C=O) groups is 2. The predicted octanol–water partition coefficient (Wildman–Crippen LogP) is -0.488. The summed E-state index contributed by atoms with van der Waals surface area (Å²) in [6.45, 7) is 1.80. The largest absolute Gasteiger partial charge is 0.370 e. The van der Waals surface area contributed by atoms with E-state index in [2.05, 4.69) is 20.8 Å². The van der Waals surface area contributed by atoms with Gasteiger partial charge in [0.2, 0.25) is 5.91 Å². The number of rotatable bonds is 5. The van der Waals surface area contributed by atoms with E-state index in [0.717, 1.165) is 0 Å². The van der Waals surface area contributed by atoms with E-state index in [1.165, 1.54) is 7.05 Å². The summed E-state index contributed by atoms with van der Waals surface area (Å²) in [5, 5.41) is 13.0. The van der Waals surface area contributed by atoms with Gasteiger partial charge in [0.05, 0.1) is 0 Å². The quantitative estimate of drug-likeness (QED) is 0.640. The van der Waals surface area contributed by atoms with Gasteiger partial charge in [-0.25, -0.2) is 0 Å². The van der Waals surface area contributed by atoms with Crippen molar-refractivity contribution in [3.05, 3.63) is 17.8 Å². The Labute approximate surface area is 98.8 Å². The SMILES string of the molecule is CNC(=O)c1ccc(NC(C)CC(N)=O)nn1. The Morgan fingerprint density at radius 1 is 1.41 bits per heavy atom. The van der Waals surface area contributed by atoms with Crippen LogP contribution in [0.25, 0.3) is 0 Å². The molecule has 7 nitrogen and oxygen atoms in total. The minimum Gasteiger partial charge on any atom is -0.370 e. The highest BCUT2D eigenvalue weighted by atomic mass is 16.2. The van der Waals surface area contributed by atoms with Crippen LogP contribution in [0.2, 0.25) is 0 Å². The number of nitrogens with two attached hydrogens (primary N) is 1. The molecular formula is C10H15N5O2. The molecule has 1 unspecified atom stereocenters. The van der Waals surface area contributed by atoms with E-state index >= 15 is 0 Å². The van der Waals surface area contributed by atoms with Gasteiger partial charge < -0.3 is 16.4 Å². The van der Waals surface area contributed by atoms with Crippen molar-refractivity contribution in [2.45, 2.75) is 19.4 Å². The van der Waals surface area contributed by atoms with Crippen LogP contribution in [-0.4, -0.2) is 35.1 Å². The van der Waals surface area contributed by atoms with E-state index in [1.807, 2.05) is 0 Å². The molecular weight excluding hydrogens is 222 g/mol. The summed E-state index contributed by atoms with van der Waals surface area (Å²) in [7, 11) is 1.52. The van der Waals surface area contributed by atoms with Crippen molar-refractivity contribution < 1.29 is 9.59 Å². The van der Waals surface area contributed by atoms with Crippen molar-refractivity contribution in [2.75, 3.05) is 12.4 Å². The second kappa shape index (κ2) is 5.78. The molecule has 1 atom stereocenters. The van der Waals surface area contributed by atoms with Crippen molar-refractivity contribution in [3.63, 3.8) is 0 Å². The highest BCUT2D eigenvalue weighted by Crippen LogP contribution is 2.05. The fourth-order valence-electron chi connectivity index (χ4n) is 1.26. The van der Waals surface area contributed by atoms with Crippen molar-refractivity contribution in [2.24, 2.45) is 5.73 Å². The van der Waals surface area contributed by atoms with Crippen LogP contribution in [0, 0.1) is 0 Å². The summed E-state index contributed by atoms with van der Waals surface area (Å²) in [4.78, 5) is 21.9. The van der Waals surface area contributed by atoms with Gasteiger partial charge in [0.15, 0.2) is 5.69 Å². The molecule has 7 heteroatoms. The topological polar surface area (TPSA) is 110 Å². The second-order valence-electron chi connectivity index (χ2n) is 3.60. The molecule has 0 saturated carbocycles. The van der Waals surface area contributed by atoms with Crippen LogP contribution in [-0.2, 0) is 4.79 Å². The lowest BCUT2D eigenvalue weighted by molar-refractivity contribution is -0.118. The van der Waals surface area contributed by atoms with Gasteiger partial charge in [-0.1, -0.05) is 0 Å². The Hall–Kier alpha value is -2.18. The second-order valence-corrected chi connectivity index (χ2v) is 3.60. The highest BCUT2D eigenvalue weighted by molar-refractivity contribution is 5.91. The molecule has 0 aliphatic heterocycles. The summed E-state index contributed by atoms with van der Waals surface area (Å²) in [5.74, 6) is -0.194. The third kappa shape index (κ3) is 4.06. The molecule has 0 saturated heterocycles. The molecule has 0 aliphatic rings. The first kappa shape index (κ1) is 12.9. The van der Waals surface area contributed by atoms with Gasteiger partial charge in [0.1, 0.15) is 5.82 Å². The molecule has 1 aromatic rings. The van der Waals surface area contributed by atoms with Gasteiger partial charge in [-0.15, -0.1) is 10.2 Å². The van der Waals surface area contributed by atoms with Gasteiger partial charge in [0.25, 0.3) is 5.91 Å². The highest BCUT2D eigenvalue weighted by Gasteiger charge is 2.08. The molecule has 0 aliphatic carbocycles. The first-order chi connectivity index (χ1) is 8.02. The monoisotopic (exact) mass is 237 g/mol. The zero-order valence-electron chi connectivity index (χ0n) is 9.73. The number of aromatic nitrogens is 2. The molecule has 1 heterocycles. The first-order valence-electron chi connectivity index (χ1n) is 5.13. The Morgan fingerprint density at radius 3 is 2.59 bits per heavy atom. The van der Waals surface area contributed by atoms with E-state index in [-0.39, 0.29) is 30.0 Å². The van der Waals surface area contributed by atoms with Crippen LogP contribution in [0.1, 0.15) is 23.8 Å². The molecule has 0 aromatic carbocycles. The summed E-state index contributed by atoms with van der Waals surface area (Å²) in [5.41, 5.74) is 5.30. The molecule has 4 N–H and O–H groups in total. The van der Waals surface area contributed by atoms with E-state index in [1.54, 1.807) is 19.1 Å². The molecule has 0 fully saturated rings. The van der Waals surface area contributed by atoms with Gasteiger partial charge >= 0.3 is 0 Å². The smallest absolute Gasteiger partial charge is 0.271 e. The molecule has 0 radical (unpaired) electrons. The molecule has 1 aromatic heterocycles. The van der Waals surface area contributed by atoms with Gasteiger partial charge in [0, 0.05) is 19.5 Å². The third-order valence-electron chi connectivity index (χ3n) is 2.03. The van der Waals surface area contributed by atoms with E-state index < -0.39 is 0 Å². The zero-order chi connectivity index (χ0) is 12.8. The van der Waals surface area contributed by atoms with Gasteiger partial charge in [-0.2, -0.15) is 0 Å². The van der Waals surface area contributed by atoms with Crippen LogP contribution in [0.5, 0.6) is 0 Å². The van der Waals surface area contributed by atoms with Gasteiger partial charge in [-0.05, 0) is 19.1 Å². The Kier molecular flexibility index (Phi) is 4.38. The maximum Gasteiger partial charge on any atom is 0.271 e. The fraction of sp³-hybridized carbons (Fsp3) is 0.400. The number of primary amides is 1. The number of amides is 2. The van der Waals surface area contributed by atoms with E-state index in [0.29, 0.717) is 5.82 Å². The summed E-state index contributed by atoms with van der Waals surface area (Å²) < 4.78 is 0. The van der Waals surface area contributed by atoms with Crippen molar-refractivity contribution in [1.82, 2.24) is 15.5 Å². The molecule has 0 spiro atoms. The van der Waals surface area contributed by atoms with Gasteiger partial charge in [-0.3, -0.25) is 9.59 Å². The van der Waals surface area contributed by atoms with Crippen LogP contribution >= 0.6 is 0 Å². The Morgan fingerprint density at radius 2 is 2.12 bits per heavy atom. The number of carbonyl (C=O) groups excluding carboxylic acids is 2. The maximum absolute atomic E-state index is 11.2. The maximum atomic E-state index is 11.2. The normalized spacial score (nSPS) is 11.6. The molecule has 92 valence electrons. The fourth-order valence-corrected chi connectivity index (χ4v) is 1.26. The average Bonchev–Trinajstić information content (AvgIpc) is 2.28. The molecule has 17 heavy (non-hydrogen) atoms. The zero-order valence-corrected chi connectivity index (χ0v) is 9.73. The number of hydrogen-bond donors (Lipinski definition) is 3. The summed E-state index contributed by atoms with van der Waals surface area (Å²) in [6, 6.07) is 3.04. The first-order valence-corrected chi connectivity index (χ1v) is 5.13. The number of nitrogens with one attached hydrogen (secondary N) is 2. The third-order valence-corrected chi connectivity index (χ3v) is 2.03. The van der Waals surface area contributed by atoms with Crippen LogP contribution in [0.15, 0.2) is 12.1 Å². The van der Waals surface area contributed by atoms with Crippen LogP contribution in [0.3, 0.4) is 0 Å². The van der Waals surface area contributed by atoms with Crippen molar-refractivity contribution >= 4 is 17.6 Å². The lowest BCUT2D eigenvalue weighted by Crippen LogP contribution is -2.25. The summed E-state index contributed by atoms with van der Waals surface area (Å²) in [6.07, 6.45) is 0.207. The van der Waals surface area contributed by atoms with E-state index in [4.69, 9.17) is 5.73 Å². The molecule has 1 rings (SSSR count). The standard InChI is InChI=1S/C10H15N5O2/c1-6(5-8(11)16)13-9-4-3-7(14-15-9)10(17)12-2/h3-4,6H,5H2,1-2H3,(H2,11,16)(H,12,17)(H,13,15). The van der Waals surface area contributed by atoms with Crippen molar-refractivity contribution in [1.29, 1.82) is 0 Å². The van der Waals surface area contributed by atoms with Crippen LogP contribution in [0.4, 0.5) is 5.82 Å². The summed E-state index contributed by atoms with van der Waals surface area (Å²) >= 11 is 0. The van der Waals surface area contributed by atoms with Crippen LogP contribution < -0.4 is 16.4 Å². The molecule has 2 amide bonds. The minimum atomic E-state index is -0.389. The number of nitrogens with zero attached hydrogens (tertiary/aromatic N) is 2. The lowest BCUT2D eigenvalue weighted by atomic mass is 10.2. The average molecular weight is 237 g/mol.